The van der Waals surface area contributed by atoms with Crippen molar-refractivity contribution in [3.8, 4) is 0 Å². The number of aromatic nitrogens is 2. The average molecular weight is 384 g/mol. The highest BCUT2D eigenvalue weighted by Gasteiger charge is 2.19. The molecule has 3 aromatic rings. The highest BCUT2D eigenvalue weighted by atomic mass is 79.9. The van der Waals surface area contributed by atoms with E-state index in [0.29, 0.717) is 10.1 Å². The zero-order valence-corrected chi connectivity index (χ0v) is 13.6. The summed E-state index contributed by atoms with van der Waals surface area (Å²) >= 11 is 3.14. The number of benzene rings is 1. The predicted molar refractivity (Wildman–Crippen MR) is 83.3 cm³/mol. The minimum absolute atomic E-state index is 0.0532. The molecule has 0 spiro atoms. The molecule has 5 nitrogen and oxygen atoms in total. The van der Waals surface area contributed by atoms with E-state index >= 15 is 0 Å². The molecule has 8 heteroatoms. The molecule has 0 aliphatic heterocycles. The molecule has 0 bridgehead atoms. The molecule has 0 aliphatic rings. The van der Waals surface area contributed by atoms with Gasteiger partial charge in [-0.1, -0.05) is 15.9 Å². The molecular weight excluding hydrogens is 373 g/mol. The lowest BCUT2D eigenvalue weighted by atomic mass is 10.3. The highest BCUT2D eigenvalue weighted by Crippen LogP contribution is 2.20. The van der Waals surface area contributed by atoms with Gasteiger partial charge in [-0.05, 0) is 35.9 Å². The summed E-state index contributed by atoms with van der Waals surface area (Å²) < 4.78 is 42.8. The summed E-state index contributed by atoms with van der Waals surface area (Å²) in [7, 11) is -3.93. The largest absolute Gasteiger partial charge is 0.307 e. The van der Waals surface area contributed by atoms with Crippen LogP contribution < -0.4 is 4.72 Å². The topological polar surface area (TPSA) is 63.5 Å². The minimum atomic E-state index is -3.93. The number of hydrogen-bond acceptors (Lipinski definition) is 3. The number of nitrogens with one attached hydrogen (secondary N) is 1. The van der Waals surface area contributed by atoms with E-state index in [-0.39, 0.29) is 11.4 Å². The van der Waals surface area contributed by atoms with Crippen molar-refractivity contribution in [1.29, 1.82) is 0 Å². The first kappa shape index (κ1) is 15.1. The van der Waals surface area contributed by atoms with Gasteiger partial charge in [-0.25, -0.2) is 22.5 Å². The van der Waals surface area contributed by atoms with Gasteiger partial charge in [-0.2, -0.15) is 0 Å². The minimum Gasteiger partial charge on any atom is -0.307 e. The Morgan fingerprint density at radius 3 is 2.86 bits per heavy atom. The Balaban J connectivity index is 1.83. The van der Waals surface area contributed by atoms with Crippen LogP contribution in [0.3, 0.4) is 0 Å². The summed E-state index contributed by atoms with van der Waals surface area (Å²) in [6.45, 7) is 0.0532. The van der Waals surface area contributed by atoms with Gasteiger partial charge in [0.15, 0.2) is 0 Å². The van der Waals surface area contributed by atoms with Gasteiger partial charge in [0.1, 0.15) is 16.4 Å². The van der Waals surface area contributed by atoms with Crippen molar-refractivity contribution in [2.45, 2.75) is 11.4 Å². The zero-order valence-electron chi connectivity index (χ0n) is 11.2. The van der Waals surface area contributed by atoms with E-state index in [1.807, 2.05) is 4.40 Å². The number of hydrogen-bond donors (Lipinski definition) is 1. The molecule has 114 valence electrons. The van der Waals surface area contributed by atoms with Crippen LogP contribution in [0.5, 0.6) is 0 Å². The molecule has 0 unspecified atom stereocenters. The van der Waals surface area contributed by atoms with Gasteiger partial charge < -0.3 is 4.40 Å². The third kappa shape index (κ3) is 3.03. The van der Waals surface area contributed by atoms with Crippen LogP contribution in [0, 0.1) is 5.82 Å². The van der Waals surface area contributed by atoms with E-state index in [0.717, 1.165) is 11.6 Å². The van der Waals surface area contributed by atoms with E-state index < -0.39 is 15.8 Å². The van der Waals surface area contributed by atoms with Crippen molar-refractivity contribution in [1.82, 2.24) is 14.1 Å². The lowest BCUT2D eigenvalue weighted by Gasteiger charge is -2.08. The fourth-order valence-corrected chi connectivity index (χ4v) is 3.63. The Hall–Kier alpha value is -1.77. The normalized spacial score (nSPS) is 11.9. The molecule has 3 rings (SSSR count). The first-order chi connectivity index (χ1) is 10.5. The summed E-state index contributed by atoms with van der Waals surface area (Å²) in [6, 6.07) is 7.32. The van der Waals surface area contributed by atoms with Crippen LogP contribution in [-0.2, 0) is 16.6 Å². The van der Waals surface area contributed by atoms with Gasteiger partial charge in [0.25, 0.3) is 0 Å². The predicted octanol–water partition coefficient (Wildman–Crippen LogP) is 2.71. The fraction of sp³-hybridized carbons (Fsp3) is 0.0714. The van der Waals surface area contributed by atoms with Crippen LogP contribution >= 0.6 is 15.9 Å². The van der Waals surface area contributed by atoms with Gasteiger partial charge >= 0.3 is 0 Å². The molecule has 0 aliphatic carbocycles. The maximum absolute atomic E-state index is 13.7. The summed E-state index contributed by atoms with van der Waals surface area (Å²) in [5.74, 6) is -0.792. The maximum Gasteiger partial charge on any atom is 0.243 e. The molecule has 1 aromatic carbocycles. The van der Waals surface area contributed by atoms with Crippen LogP contribution in [0.1, 0.15) is 5.56 Å². The number of rotatable bonds is 4. The van der Waals surface area contributed by atoms with Crippen molar-refractivity contribution < 1.29 is 12.8 Å². The maximum atomic E-state index is 13.7. The lowest BCUT2D eigenvalue weighted by molar-refractivity contribution is 0.556. The number of halogens is 2. The molecule has 2 heterocycles. The van der Waals surface area contributed by atoms with Gasteiger partial charge in [-0.3, -0.25) is 0 Å². The third-order valence-electron chi connectivity index (χ3n) is 3.11. The van der Waals surface area contributed by atoms with Crippen molar-refractivity contribution in [2.24, 2.45) is 0 Å². The molecular formula is C14H11BrFN3O2S. The number of pyridine rings is 1. The molecule has 0 atom stereocenters. The van der Waals surface area contributed by atoms with Gasteiger partial charge in [0.2, 0.25) is 10.0 Å². The van der Waals surface area contributed by atoms with E-state index in [1.54, 1.807) is 30.7 Å². The second-order valence-electron chi connectivity index (χ2n) is 4.63. The Labute approximate surface area is 135 Å². The van der Waals surface area contributed by atoms with Crippen molar-refractivity contribution in [3.63, 3.8) is 0 Å². The monoisotopic (exact) mass is 383 g/mol. The Kier molecular flexibility index (Phi) is 3.98. The third-order valence-corrected chi connectivity index (χ3v) is 5.02. The van der Waals surface area contributed by atoms with E-state index in [4.69, 9.17) is 0 Å². The van der Waals surface area contributed by atoms with Crippen molar-refractivity contribution in [2.75, 3.05) is 0 Å². The number of fused-ring (bicyclic) bond motifs is 1. The summed E-state index contributed by atoms with van der Waals surface area (Å²) in [5.41, 5.74) is 1.45. The number of nitrogens with zero attached hydrogens (tertiary/aromatic N) is 2. The van der Waals surface area contributed by atoms with Gasteiger partial charge in [0.05, 0.1) is 0 Å². The molecule has 1 N–H and O–H groups in total. The van der Waals surface area contributed by atoms with Crippen LogP contribution in [0.25, 0.3) is 5.65 Å². The molecule has 0 radical (unpaired) electrons. The van der Waals surface area contributed by atoms with Crippen molar-refractivity contribution in [3.05, 3.63) is 64.8 Å². The quantitative estimate of drug-likeness (QED) is 0.753. The first-order valence-corrected chi connectivity index (χ1v) is 8.60. The standard InChI is InChI=1S/C14H11BrFN3O2S/c15-11-1-2-12(16)13(8-11)22(20,21)18-9-10-3-5-19-6-4-17-14(19)7-10/h1-8,18H,9H2. The van der Waals surface area contributed by atoms with E-state index in [9.17, 15) is 12.8 Å². The van der Waals surface area contributed by atoms with Crippen molar-refractivity contribution >= 4 is 31.6 Å². The smallest absolute Gasteiger partial charge is 0.243 e. The molecule has 0 amide bonds. The summed E-state index contributed by atoms with van der Waals surface area (Å²) in [4.78, 5) is 3.74. The molecule has 22 heavy (non-hydrogen) atoms. The molecule has 0 fully saturated rings. The van der Waals surface area contributed by atoms with Gasteiger partial charge in [-0.15, -0.1) is 0 Å². The number of sulfonamides is 1. The van der Waals surface area contributed by atoms with Crippen LogP contribution in [0.2, 0.25) is 0 Å². The van der Waals surface area contributed by atoms with E-state index in [1.165, 1.54) is 12.1 Å². The second kappa shape index (κ2) is 5.79. The van der Waals surface area contributed by atoms with Gasteiger partial charge in [0, 0.05) is 29.6 Å². The lowest BCUT2D eigenvalue weighted by Crippen LogP contribution is -2.24. The second-order valence-corrected chi connectivity index (χ2v) is 7.28. The van der Waals surface area contributed by atoms with E-state index in [2.05, 4.69) is 25.6 Å². The Morgan fingerprint density at radius 2 is 2.05 bits per heavy atom. The highest BCUT2D eigenvalue weighted by molar-refractivity contribution is 9.10. The summed E-state index contributed by atoms with van der Waals surface area (Å²) in [5, 5.41) is 0. The molecule has 2 aromatic heterocycles. The van der Waals surface area contributed by atoms with Crippen LogP contribution in [-0.4, -0.2) is 17.8 Å². The fourth-order valence-electron chi connectivity index (χ4n) is 2.00. The number of imidazole rings is 1. The van der Waals surface area contributed by atoms with Crippen LogP contribution in [0.15, 0.2) is 58.3 Å². The summed E-state index contributed by atoms with van der Waals surface area (Å²) in [6.07, 6.45) is 5.23. The first-order valence-electron chi connectivity index (χ1n) is 6.32. The SMILES string of the molecule is O=S(=O)(NCc1ccn2ccnc2c1)c1cc(Br)ccc1F. The average Bonchev–Trinajstić information content (AvgIpc) is 2.95. The molecule has 0 saturated carbocycles. The Bertz CT molecular complexity index is 940. The molecule has 0 saturated heterocycles. The zero-order chi connectivity index (χ0) is 15.7. The van der Waals surface area contributed by atoms with Crippen LogP contribution in [0.4, 0.5) is 4.39 Å². The Morgan fingerprint density at radius 1 is 1.23 bits per heavy atom.